The van der Waals surface area contributed by atoms with E-state index in [1.807, 2.05) is 6.92 Å². The van der Waals surface area contributed by atoms with Gasteiger partial charge in [0.25, 0.3) is 0 Å². The van der Waals surface area contributed by atoms with Crippen molar-refractivity contribution in [3.05, 3.63) is 42.0 Å². The molecule has 26 heavy (non-hydrogen) atoms. The minimum Gasteiger partial charge on any atom is -0.493 e. The van der Waals surface area contributed by atoms with Crippen LogP contribution in [-0.2, 0) is 6.18 Å². The second kappa shape index (κ2) is 7.03. The molecular weight excluding hydrogens is 349 g/mol. The minimum absolute atomic E-state index is 0.231. The summed E-state index contributed by atoms with van der Waals surface area (Å²) in [5.41, 5.74) is -0.0572. The van der Waals surface area contributed by atoms with Crippen LogP contribution in [0.3, 0.4) is 0 Å². The molecule has 1 heterocycles. The van der Waals surface area contributed by atoms with Crippen LogP contribution in [0, 0.1) is 0 Å². The second-order valence-corrected chi connectivity index (χ2v) is 5.29. The molecule has 2 aromatic carbocycles. The quantitative estimate of drug-likeness (QED) is 0.732. The molecule has 1 N–H and O–H groups in total. The molecule has 0 radical (unpaired) electrons. The SMILES string of the molecule is CCOc1cc2nnnc(Nc3cccc(C(F)(F)F)c3)c2cc1OC. The van der Waals surface area contributed by atoms with Crippen LogP contribution in [0.4, 0.5) is 24.7 Å². The van der Waals surface area contributed by atoms with Gasteiger partial charge in [-0.3, -0.25) is 0 Å². The molecule has 0 saturated heterocycles. The highest BCUT2D eigenvalue weighted by Gasteiger charge is 2.30. The molecule has 1 aromatic heterocycles. The molecule has 0 aliphatic rings. The number of hydrogen-bond acceptors (Lipinski definition) is 6. The third kappa shape index (κ3) is 3.61. The van der Waals surface area contributed by atoms with Gasteiger partial charge in [-0.15, -0.1) is 10.2 Å². The van der Waals surface area contributed by atoms with Gasteiger partial charge in [0.05, 0.1) is 24.7 Å². The van der Waals surface area contributed by atoms with Crippen LogP contribution in [0.15, 0.2) is 36.4 Å². The number of alkyl halides is 3. The highest BCUT2D eigenvalue weighted by Crippen LogP contribution is 2.35. The second-order valence-electron chi connectivity index (χ2n) is 5.29. The first-order valence-electron chi connectivity index (χ1n) is 7.70. The van der Waals surface area contributed by atoms with Gasteiger partial charge in [0.15, 0.2) is 17.3 Å². The molecule has 0 spiro atoms. The molecule has 9 heteroatoms. The number of anilines is 2. The van der Waals surface area contributed by atoms with E-state index >= 15 is 0 Å². The zero-order valence-electron chi connectivity index (χ0n) is 14.0. The molecular formula is C17H15F3N4O2. The number of nitrogens with zero attached hydrogens (tertiary/aromatic N) is 3. The summed E-state index contributed by atoms with van der Waals surface area (Å²) in [6, 6.07) is 8.12. The summed E-state index contributed by atoms with van der Waals surface area (Å²) >= 11 is 0. The fourth-order valence-corrected chi connectivity index (χ4v) is 2.42. The summed E-state index contributed by atoms with van der Waals surface area (Å²) < 4.78 is 49.4. The first-order chi connectivity index (χ1) is 12.4. The van der Waals surface area contributed by atoms with E-state index in [4.69, 9.17) is 9.47 Å². The topological polar surface area (TPSA) is 69.2 Å². The van der Waals surface area contributed by atoms with Crippen molar-refractivity contribution in [2.75, 3.05) is 19.0 Å². The zero-order chi connectivity index (χ0) is 18.7. The largest absolute Gasteiger partial charge is 0.493 e. The average molecular weight is 364 g/mol. The highest BCUT2D eigenvalue weighted by atomic mass is 19.4. The molecule has 0 atom stereocenters. The van der Waals surface area contributed by atoms with Crippen molar-refractivity contribution in [1.29, 1.82) is 0 Å². The molecule has 0 unspecified atom stereocenters. The van der Waals surface area contributed by atoms with Crippen LogP contribution in [0.5, 0.6) is 11.5 Å². The lowest BCUT2D eigenvalue weighted by Gasteiger charge is -2.13. The summed E-state index contributed by atoms with van der Waals surface area (Å²) in [5.74, 6) is 1.21. The van der Waals surface area contributed by atoms with Crippen molar-refractivity contribution < 1.29 is 22.6 Å². The number of nitrogens with one attached hydrogen (secondary N) is 1. The van der Waals surface area contributed by atoms with E-state index < -0.39 is 11.7 Å². The van der Waals surface area contributed by atoms with Gasteiger partial charge in [-0.25, -0.2) is 0 Å². The molecule has 136 valence electrons. The molecule has 0 aliphatic carbocycles. The molecule has 3 aromatic rings. The average Bonchev–Trinajstić information content (AvgIpc) is 2.61. The Bertz CT molecular complexity index is 932. The number of ether oxygens (including phenoxy) is 2. The Hall–Kier alpha value is -3.10. The van der Waals surface area contributed by atoms with Gasteiger partial charge in [0.2, 0.25) is 0 Å². The van der Waals surface area contributed by atoms with E-state index in [0.29, 0.717) is 29.0 Å². The van der Waals surface area contributed by atoms with Gasteiger partial charge in [-0.05, 0) is 36.4 Å². The van der Waals surface area contributed by atoms with Gasteiger partial charge < -0.3 is 14.8 Å². The number of aromatic nitrogens is 3. The van der Waals surface area contributed by atoms with Crippen molar-refractivity contribution in [1.82, 2.24) is 15.4 Å². The van der Waals surface area contributed by atoms with Crippen molar-refractivity contribution >= 4 is 22.4 Å². The predicted octanol–water partition coefficient (Wildman–Crippen LogP) is 4.19. The molecule has 0 amide bonds. The van der Waals surface area contributed by atoms with E-state index in [-0.39, 0.29) is 11.5 Å². The minimum atomic E-state index is -4.43. The number of methoxy groups -OCH3 is 1. The van der Waals surface area contributed by atoms with Crippen LogP contribution >= 0.6 is 0 Å². The van der Waals surface area contributed by atoms with Crippen molar-refractivity contribution in [3.63, 3.8) is 0 Å². The maximum Gasteiger partial charge on any atom is 0.416 e. The number of benzene rings is 2. The monoisotopic (exact) mass is 364 g/mol. The number of hydrogen-bond donors (Lipinski definition) is 1. The Morgan fingerprint density at radius 2 is 1.88 bits per heavy atom. The van der Waals surface area contributed by atoms with Crippen LogP contribution in [-0.4, -0.2) is 29.1 Å². The summed E-state index contributed by atoms with van der Waals surface area (Å²) in [6.45, 7) is 2.28. The van der Waals surface area contributed by atoms with E-state index in [1.54, 1.807) is 12.1 Å². The first kappa shape index (κ1) is 17.7. The molecule has 0 aliphatic heterocycles. The molecule has 3 rings (SSSR count). The zero-order valence-corrected chi connectivity index (χ0v) is 14.0. The van der Waals surface area contributed by atoms with Crippen LogP contribution in [0.1, 0.15) is 12.5 Å². The number of halogens is 3. The first-order valence-corrected chi connectivity index (χ1v) is 7.70. The summed E-state index contributed by atoms with van der Waals surface area (Å²) in [5, 5.41) is 14.9. The van der Waals surface area contributed by atoms with Crippen molar-refractivity contribution in [2.24, 2.45) is 0 Å². The Balaban J connectivity index is 2.03. The van der Waals surface area contributed by atoms with Gasteiger partial charge in [0.1, 0.15) is 5.52 Å². The Kier molecular flexibility index (Phi) is 4.79. The Morgan fingerprint density at radius 3 is 2.58 bits per heavy atom. The third-order valence-electron chi connectivity index (χ3n) is 3.59. The summed E-state index contributed by atoms with van der Waals surface area (Å²) in [4.78, 5) is 0. The molecule has 6 nitrogen and oxygen atoms in total. The predicted molar refractivity (Wildman–Crippen MR) is 89.8 cm³/mol. The lowest BCUT2D eigenvalue weighted by molar-refractivity contribution is -0.137. The van der Waals surface area contributed by atoms with Crippen LogP contribution in [0.25, 0.3) is 10.9 Å². The molecule has 0 fully saturated rings. The maximum absolute atomic E-state index is 12.9. The van der Waals surface area contributed by atoms with Gasteiger partial charge >= 0.3 is 6.18 Å². The van der Waals surface area contributed by atoms with Gasteiger partial charge in [0, 0.05) is 11.8 Å². The van der Waals surface area contributed by atoms with Gasteiger partial charge in [-0.1, -0.05) is 6.07 Å². The Labute approximate surface area is 146 Å². The van der Waals surface area contributed by atoms with Gasteiger partial charge in [-0.2, -0.15) is 13.2 Å². The highest BCUT2D eigenvalue weighted by molar-refractivity contribution is 5.92. The fourth-order valence-electron chi connectivity index (χ4n) is 2.42. The summed E-state index contributed by atoms with van der Waals surface area (Å²) in [7, 11) is 1.49. The number of rotatable bonds is 5. The van der Waals surface area contributed by atoms with E-state index in [1.165, 1.54) is 19.2 Å². The van der Waals surface area contributed by atoms with Crippen LogP contribution in [0.2, 0.25) is 0 Å². The van der Waals surface area contributed by atoms with Crippen LogP contribution < -0.4 is 14.8 Å². The standard InChI is InChI=1S/C17H15F3N4O2/c1-3-26-15-9-13-12(8-14(15)25-2)16(23-24-22-13)21-11-6-4-5-10(7-11)17(18,19)20/h4-9H,3H2,1-2H3,(H,21,22,23). The van der Waals surface area contributed by atoms with Crippen molar-refractivity contribution in [2.45, 2.75) is 13.1 Å². The Morgan fingerprint density at radius 1 is 1.08 bits per heavy atom. The third-order valence-corrected chi connectivity index (χ3v) is 3.59. The summed E-state index contributed by atoms with van der Waals surface area (Å²) in [6.07, 6.45) is -4.43. The van der Waals surface area contributed by atoms with Crippen molar-refractivity contribution in [3.8, 4) is 11.5 Å². The smallest absolute Gasteiger partial charge is 0.416 e. The number of fused-ring (bicyclic) bond motifs is 1. The van der Waals surface area contributed by atoms with E-state index in [9.17, 15) is 13.2 Å². The lowest BCUT2D eigenvalue weighted by atomic mass is 10.1. The van der Waals surface area contributed by atoms with E-state index in [2.05, 4.69) is 20.7 Å². The molecule has 0 saturated carbocycles. The normalized spacial score (nSPS) is 11.4. The lowest BCUT2D eigenvalue weighted by Crippen LogP contribution is -2.06. The maximum atomic E-state index is 12.9. The van der Waals surface area contributed by atoms with E-state index in [0.717, 1.165) is 12.1 Å². The fraction of sp³-hybridized carbons (Fsp3) is 0.235. The molecule has 0 bridgehead atoms.